The predicted octanol–water partition coefficient (Wildman–Crippen LogP) is 2.94. The number of nitro benzene ring substituents is 1. The van der Waals surface area contributed by atoms with Crippen molar-refractivity contribution in [2.24, 2.45) is 0 Å². The summed E-state index contributed by atoms with van der Waals surface area (Å²) in [4.78, 5) is 33.7. The van der Waals surface area contributed by atoms with Gasteiger partial charge in [-0.2, -0.15) is 0 Å². The molecule has 3 aromatic rings. The molecule has 4 heterocycles. The van der Waals surface area contributed by atoms with E-state index in [1.807, 2.05) is 13.0 Å². The van der Waals surface area contributed by atoms with Gasteiger partial charge in [0.05, 0.1) is 36.4 Å². The van der Waals surface area contributed by atoms with E-state index in [-0.39, 0.29) is 11.7 Å². The van der Waals surface area contributed by atoms with Crippen LogP contribution in [0.1, 0.15) is 23.9 Å². The van der Waals surface area contributed by atoms with E-state index in [2.05, 4.69) is 26.7 Å². The van der Waals surface area contributed by atoms with Gasteiger partial charge in [0.1, 0.15) is 18.0 Å². The topological polar surface area (TPSA) is 110 Å². The Morgan fingerprint density at radius 3 is 2.70 bits per heavy atom. The first-order valence-corrected chi connectivity index (χ1v) is 11.0. The van der Waals surface area contributed by atoms with E-state index in [4.69, 9.17) is 14.7 Å². The van der Waals surface area contributed by atoms with E-state index < -0.39 is 4.92 Å². The highest BCUT2D eigenvalue weighted by molar-refractivity contribution is 5.63. The van der Waals surface area contributed by atoms with Gasteiger partial charge in [0.25, 0.3) is 5.69 Å². The summed E-state index contributed by atoms with van der Waals surface area (Å²) in [6.45, 7) is 7.59. The number of hydrogen-bond donors (Lipinski definition) is 0. The smallest absolute Gasteiger partial charge is 0.269 e. The molecule has 1 unspecified atom stereocenters. The van der Waals surface area contributed by atoms with Crippen molar-refractivity contribution in [1.29, 1.82) is 0 Å². The highest BCUT2D eigenvalue weighted by Crippen LogP contribution is 2.33. The van der Waals surface area contributed by atoms with Crippen LogP contribution in [0.2, 0.25) is 0 Å². The van der Waals surface area contributed by atoms with Gasteiger partial charge in [-0.15, -0.1) is 0 Å². The zero-order valence-corrected chi connectivity index (χ0v) is 18.6. The van der Waals surface area contributed by atoms with Crippen molar-refractivity contribution in [2.45, 2.75) is 32.9 Å². The van der Waals surface area contributed by atoms with E-state index in [1.165, 1.54) is 12.1 Å². The second kappa shape index (κ2) is 8.70. The molecule has 170 valence electrons. The lowest BCUT2D eigenvalue weighted by atomic mass is 10.0. The van der Waals surface area contributed by atoms with Crippen molar-refractivity contribution in [1.82, 2.24) is 19.9 Å². The molecule has 0 amide bonds. The van der Waals surface area contributed by atoms with Gasteiger partial charge in [-0.25, -0.2) is 19.9 Å². The molecular formula is C23H25N7O3. The Labute approximate surface area is 191 Å². The molecule has 1 atom stereocenters. The molecule has 2 aliphatic rings. The van der Waals surface area contributed by atoms with Crippen LogP contribution < -0.4 is 9.80 Å². The van der Waals surface area contributed by atoms with Gasteiger partial charge in [0, 0.05) is 48.1 Å². The number of nitro groups is 1. The fourth-order valence-electron chi connectivity index (χ4n) is 4.36. The van der Waals surface area contributed by atoms with E-state index in [0.29, 0.717) is 25.6 Å². The van der Waals surface area contributed by atoms with Crippen molar-refractivity contribution in [3.63, 3.8) is 0 Å². The minimum Gasteiger partial charge on any atom is -0.377 e. The molecule has 0 spiro atoms. The van der Waals surface area contributed by atoms with Crippen LogP contribution >= 0.6 is 0 Å². The van der Waals surface area contributed by atoms with Crippen LogP contribution in [0.4, 0.5) is 17.3 Å². The minimum atomic E-state index is -0.403. The van der Waals surface area contributed by atoms with Crippen LogP contribution in [0, 0.1) is 17.0 Å². The molecule has 0 bridgehead atoms. The lowest BCUT2D eigenvalue weighted by Crippen LogP contribution is -2.45. The minimum absolute atomic E-state index is 0.0454. The molecule has 0 N–H and O–H groups in total. The van der Waals surface area contributed by atoms with Gasteiger partial charge in [-0.3, -0.25) is 10.1 Å². The van der Waals surface area contributed by atoms with Gasteiger partial charge in [0.2, 0.25) is 0 Å². The molecule has 0 radical (unpaired) electrons. The maximum Gasteiger partial charge on any atom is 0.269 e. The molecule has 1 saturated heterocycles. The molecule has 10 nitrogen and oxygen atoms in total. The van der Waals surface area contributed by atoms with Gasteiger partial charge in [-0.05, 0) is 32.4 Å². The first-order chi connectivity index (χ1) is 16.0. The first-order valence-electron chi connectivity index (χ1n) is 11.0. The number of morpholine rings is 1. The third-order valence-electron chi connectivity index (χ3n) is 6.13. The Balaban J connectivity index is 1.57. The summed E-state index contributed by atoms with van der Waals surface area (Å²) in [6.07, 6.45) is 2.39. The maximum atomic E-state index is 11.1. The average Bonchev–Trinajstić information content (AvgIpc) is 2.83. The number of hydrogen-bond acceptors (Lipinski definition) is 9. The highest BCUT2D eigenvalue weighted by atomic mass is 16.6. The van der Waals surface area contributed by atoms with Gasteiger partial charge < -0.3 is 14.5 Å². The van der Waals surface area contributed by atoms with E-state index in [0.717, 1.165) is 53.7 Å². The lowest BCUT2D eigenvalue weighted by molar-refractivity contribution is -0.384. The number of ether oxygens (including phenoxy) is 1. The van der Waals surface area contributed by atoms with Crippen molar-refractivity contribution in [2.75, 3.05) is 36.1 Å². The normalized spacial score (nSPS) is 18.2. The van der Waals surface area contributed by atoms with Crippen molar-refractivity contribution >= 4 is 17.3 Å². The molecule has 1 fully saturated rings. The number of non-ortho nitro benzene ring substituents is 1. The quantitative estimate of drug-likeness (QED) is 0.440. The summed E-state index contributed by atoms with van der Waals surface area (Å²) in [7, 11) is 0. The van der Waals surface area contributed by atoms with Gasteiger partial charge in [-0.1, -0.05) is 0 Å². The molecule has 5 rings (SSSR count). The van der Waals surface area contributed by atoms with Crippen molar-refractivity contribution in [3.8, 4) is 11.4 Å². The number of aromatic nitrogens is 4. The van der Waals surface area contributed by atoms with Crippen LogP contribution in [0.15, 0.2) is 36.7 Å². The van der Waals surface area contributed by atoms with E-state index in [9.17, 15) is 10.1 Å². The molecule has 2 aliphatic heterocycles. The summed E-state index contributed by atoms with van der Waals surface area (Å²) in [5.41, 5.74) is 3.82. The van der Waals surface area contributed by atoms with Gasteiger partial charge in [0.15, 0.2) is 5.82 Å². The van der Waals surface area contributed by atoms with Crippen LogP contribution in [-0.2, 0) is 17.7 Å². The number of aryl methyl sites for hydroxylation is 1. The standard InChI is InChI=1S/C23H25N7O3/c1-15-11-21(25-14-24-15)28-8-7-19-20(12-28)26-22(17-3-5-18(6-4-17)30(31)32)27-23(19)29-9-10-33-13-16(29)2/h3-6,11,14,16H,7-10,12-13H2,1-2H3. The van der Waals surface area contributed by atoms with E-state index in [1.54, 1.807) is 18.5 Å². The summed E-state index contributed by atoms with van der Waals surface area (Å²) < 4.78 is 5.64. The van der Waals surface area contributed by atoms with Crippen LogP contribution in [0.5, 0.6) is 0 Å². The summed E-state index contributed by atoms with van der Waals surface area (Å²) in [6, 6.07) is 8.58. The van der Waals surface area contributed by atoms with E-state index >= 15 is 0 Å². The van der Waals surface area contributed by atoms with Crippen molar-refractivity contribution in [3.05, 3.63) is 63.7 Å². The fourth-order valence-corrected chi connectivity index (χ4v) is 4.36. The number of anilines is 2. The second-order valence-corrected chi connectivity index (χ2v) is 8.41. The van der Waals surface area contributed by atoms with Crippen LogP contribution in [0.3, 0.4) is 0 Å². The molecule has 0 aliphatic carbocycles. The third-order valence-corrected chi connectivity index (χ3v) is 6.13. The van der Waals surface area contributed by atoms with Crippen molar-refractivity contribution < 1.29 is 9.66 Å². The largest absolute Gasteiger partial charge is 0.377 e. The zero-order valence-electron chi connectivity index (χ0n) is 18.6. The predicted molar refractivity (Wildman–Crippen MR) is 123 cm³/mol. The molecule has 1 aromatic carbocycles. The number of benzene rings is 1. The molecular weight excluding hydrogens is 422 g/mol. The molecule has 10 heteroatoms. The Bertz CT molecular complexity index is 1190. The number of nitrogens with zero attached hydrogens (tertiary/aromatic N) is 7. The Hall–Kier alpha value is -3.66. The average molecular weight is 447 g/mol. The Morgan fingerprint density at radius 1 is 1.15 bits per heavy atom. The molecule has 2 aromatic heterocycles. The summed E-state index contributed by atoms with van der Waals surface area (Å²) >= 11 is 0. The lowest BCUT2D eigenvalue weighted by Gasteiger charge is -2.38. The first kappa shape index (κ1) is 21.2. The summed E-state index contributed by atoms with van der Waals surface area (Å²) in [5, 5.41) is 11.1. The maximum absolute atomic E-state index is 11.1. The van der Waals surface area contributed by atoms with Gasteiger partial charge >= 0.3 is 0 Å². The summed E-state index contributed by atoms with van der Waals surface area (Å²) in [5.74, 6) is 2.38. The second-order valence-electron chi connectivity index (χ2n) is 8.41. The Morgan fingerprint density at radius 2 is 1.97 bits per heavy atom. The molecule has 0 saturated carbocycles. The highest BCUT2D eigenvalue weighted by Gasteiger charge is 2.29. The third kappa shape index (κ3) is 4.21. The number of rotatable bonds is 4. The fraction of sp³-hybridized carbons (Fsp3) is 0.391. The Kier molecular flexibility index (Phi) is 5.59. The SMILES string of the molecule is Cc1cc(N2CCc3c(nc(-c4ccc([N+](=O)[O-])cc4)nc3N3CCOCC3C)C2)ncn1. The van der Waals surface area contributed by atoms with Crippen LogP contribution in [-0.4, -0.2) is 57.2 Å². The monoisotopic (exact) mass is 447 g/mol. The molecule has 33 heavy (non-hydrogen) atoms. The zero-order chi connectivity index (χ0) is 22.9. The number of fused-ring (bicyclic) bond motifs is 1. The van der Waals surface area contributed by atoms with Crippen LogP contribution in [0.25, 0.3) is 11.4 Å².